The van der Waals surface area contributed by atoms with Gasteiger partial charge in [-0.1, -0.05) is 11.6 Å². The Kier molecular flexibility index (Phi) is 5.17. The molecule has 0 spiro atoms. The van der Waals surface area contributed by atoms with Gasteiger partial charge in [0.15, 0.2) is 6.67 Å². The Morgan fingerprint density at radius 1 is 1.28 bits per heavy atom. The van der Waals surface area contributed by atoms with Gasteiger partial charge in [-0.25, -0.2) is 9.18 Å². The summed E-state index contributed by atoms with van der Waals surface area (Å²) < 4.78 is 44.2. The zero-order valence-electron chi connectivity index (χ0n) is 12.2. The lowest BCUT2D eigenvalue weighted by Crippen LogP contribution is -2.15. The summed E-state index contributed by atoms with van der Waals surface area (Å²) in [7, 11) is 0. The molecule has 0 heterocycles. The largest absolute Gasteiger partial charge is 0.477 e. The first-order valence-electron chi connectivity index (χ1n) is 6.59. The molecular weight excluding hydrogens is 367 g/mol. The lowest BCUT2D eigenvalue weighted by atomic mass is 10.1. The second-order valence-electron chi connectivity index (χ2n) is 4.83. The molecule has 0 aliphatic rings. The third-order valence-electron chi connectivity index (χ3n) is 3.14. The highest BCUT2D eigenvalue weighted by atomic mass is 35.5. The third kappa shape index (κ3) is 4.00. The number of nitro groups is 1. The van der Waals surface area contributed by atoms with Crippen LogP contribution in [0.1, 0.15) is 15.9 Å². The van der Waals surface area contributed by atoms with Crippen molar-refractivity contribution in [3.63, 3.8) is 0 Å². The van der Waals surface area contributed by atoms with Crippen LogP contribution in [0.3, 0.4) is 0 Å². The maximum Gasteiger partial charge on any atom is 0.342 e. The summed E-state index contributed by atoms with van der Waals surface area (Å²) in [5, 5.41) is 19.5. The van der Waals surface area contributed by atoms with E-state index < -0.39 is 40.3 Å². The Bertz CT molecular complexity index is 844. The molecule has 0 radical (unpaired) electrons. The molecule has 0 atom stereocenters. The van der Waals surface area contributed by atoms with Crippen LogP contribution >= 0.6 is 11.6 Å². The smallest absolute Gasteiger partial charge is 0.342 e. The summed E-state index contributed by atoms with van der Waals surface area (Å²) in [6, 6.07) is 5.75. The van der Waals surface area contributed by atoms with Crippen LogP contribution in [-0.2, 0) is 5.92 Å². The van der Waals surface area contributed by atoms with Crippen LogP contribution in [0.2, 0.25) is 5.02 Å². The highest BCUT2D eigenvalue weighted by Gasteiger charge is 2.32. The third-order valence-corrected chi connectivity index (χ3v) is 3.44. The minimum atomic E-state index is -3.70. The first-order chi connectivity index (χ1) is 11.7. The zero-order chi connectivity index (χ0) is 18.8. The van der Waals surface area contributed by atoms with Gasteiger partial charge in [0, 0.05) is 17.7 Å². The van der Waals surface area contributed by atoms with E-state index in [1.807, 2.05) is 0 Å². The van der Waals surface area contributed by atoms with E-state index >= 15 is 0 Å². The number of nitro benzene ring substituents is 1. The van der Waals surface area contributed by atoms with E-state index in [9.17, 15) is 28.1 Å². The van der Waals surface area contributed by atoms with Crippen molar-refractivity contribution < 1.29 is 32.7 Å². The molecule has 0 fully saturated rings. The van der Waals surface area contributed by atoms with E-state index in [2.05, 4.69) is 0 Å². The second-order valence-corrected chi connectivity index (χ2v) is 5.23. The van der Waals surface area contributed by atoms with Crippen LogP contribution in [0, 0.1) is 10.1 Å². The lowest BCUT2D eigenvalue weighted by molar-refractivity contribution is -0.385. The average Bonchev–Trinajstić information content (AvgIpc) is 2.56. The van der Waals surface area contributed by atoms with E-state index in [4.69, 9.17) is 21.4 Å². The molecule has 2 aromatic carbocycles. The van der Waals surface area contributed by atoms with Gasteiger partial charge in [0.05, 0.1) is 9.95 Å². The standard InChI is InChI=1S/C15H9ClF3NO5/c16-11-5-8(15(18,19)7-17)1-4-13(11)25-9-2-3-12(20(23)24)10(6-9)14(21)22/h1-6H,7H2,(H,21,22). The van der Waals surface area contributed by atoms with Crippen molar-refractivity contribution >= 4 is 23.3 Å². The minimum Gasteiger partial charge on any atom is -0.477 e. The number of ether oxygens (including phenoxy) is 1. The molecule has 10 heteroatoms. The average molecular weight is 376 g/mol. The number of nitrogens with zero attached hydrogens (tertiary/aromatic N) is 1. The van der Waals surface area contributed by atoms with Gasteiger partial charge in [-0.15, -0.1) is 0 Å². The molecule has 1 N–H and O–H groups in total. The number of rotatable bonds is 6. The Morgan fingerprint density at radius 3 is 2.48 bits per heavy atom. The molecule has 0 unspecified atom stereocenters. The predicted octanol–water partition coefficient (Wildman–Crippen LogP) is 4.80. The van der Waals surface area contributed by atoms with Crippen molar-refractivity contribution in [3.05, 3.63) is 62.7 Å². The van der Waals surface area contributed by atoms with Crippen LogP contribution in [0.25, 0.3) is 0 Å². The van der Waals surface area contributed by atoms with E-state index in [1.54, 1.807) is 0 Å². The molecule has 0 aliphatic heterocycles. The number of benzene rings is 2. The first kappa shape index (κ1) is 18.5. The monoisotopic (exact) mass is 375 g/mol. The van der Waals surface area contributed by atoms with Gasteiger partial charge in [-0.05, 0) is 24.3 Å². The maximum absolute atomic E-state index is 13.3. The van der Waals surface area contributed by atoms with Crippen LogP contribution < -0.4 is 4.74 Å². The van der Waals surface area contributed by atoms with Gasteiger partial charge < -0.3 is 9.84 Å². The molecule has 0 saturated carbocycles. The quantitative estimate of drug-likeness (QED) is 0.578. The molecule has 25 heavy (non-hydrogen) atoms. The van der Waals surface area contributed by atoms with Crippen LogP contribution in [0.5, 0.6) is 11.5 Å². The maximum atomic E-state index is 13.3. The van der Waals surface area contributed by atoms with Gasteiger partial charge in [0.25, 0.3) is 5.69 Å². The molecular formula is C15H9ClF3NO5. The number of alkyl halides is 3. The van der Waals surface area contributed by atoms with Crippen molar-refractivity contribution in [3.8, 4) is 11.5 Å². The molecule has 2 rings (SSSR count). The van der Waals surface area contributed by atoms with Crippen molar-refractivity contribution in [1.29, 1.82) is 0 Å². The Balaban J connectivity index is 2.36. The molecule has 0 aliphatic carbocycles. The molecule has 0 amide bonds. The topological polar surface area (TPSA) is 89.7 Å². The number of aromatic carboxylic acids is 1. The number of carbonyl (C=O) groups is 1. The lowest BCUT2D eigenvalue weighted by Gasteiger charge is -2.14. The fourth-order valence-electron chi connectivity index (χ4n) is 1.92. The van der Waals surface area contributed by atoms with Crippen LogP contribution in [0.15, 0.2) is 36.4 Å². The molecule has 0 bridgehead atoms. The number of halogens is 4. The summed E-state index contributed by atoms with van der Waals surface area (Å²) in [6.45, 7) is -1.89. The number of hydrogen-bond donors (Lipinski definition) is 1. The first-order valence-corrected chi connectivity index (χ1v) is 6.97. The Labute approximate surface area is 143 Å². The highest BCUT2D eigenvalue weighted by Crippen LogP contribution is 2.36. The van der Waals surface area contributed by atoms with Crippen molar-refractivity contribution in [2.24, 2.45) is 0 Å². The second kappa shape index (κ2) is 6.98. The van der Waals surface area contributed by atoms with E-state index in [-0.39, 0.29) is 16.5 Å². The van der Waals surface area contributed by atoms with E-state index in [1.165, 1.54) is 0 Å². The number of carboxylic acid groups (broad SMARTS) is 1. The fraction of sp³-hybridized carbons (Fsp3) is 0.133. The minimum absolute atomic E-state index is 0.102. The normalized spacial score (nSPS) is 11.2. The fourth-order valence-corrected chi connectivity index (χ4v) is 2.14. The van der Waals surface area contributed by atoms with Gasteiger partial charge in [0.2, 0.25) is 0 Å². The van der Waals surface area contributed by atoms with Crippen molar-refractivity contribution in [2.75, 3.05) is 6.67 Å². The van der Waals surface area contributed by atoms with Gasteiger partial charge in [0.1, 0.15) is 17.1 Å². The summed E-state index contributed by atoms with van der Waals surface area (Å²) in [5.74, 6) is -5.45. The van der Waals surface area contributed by atoms with Gasteiger partial charge in [-0.2, -0.15) is 8.78 Å². The highest BCUT2D eigenvalue weighted by molar-refractivity contribution is 6.32. The number of carboxylic acids is 1. The van der Waals surface area contributed by atoms with Gasteiger partial charge >= 0.3 is 11.9 Å². The molecule has 0 aromatic heterocycles. The molecule has 132 valence electrons. The summed E-state index contributed by atoms with van der Waals surface area (Å²) in [4.78, 5) is 21.0. The van der Waals surface area contributed by atoms with Gasteiger partial charge in [-0.3, -0.25) is 10.1 Å². The van der Waals surface area contributed by atoms with Crippen LogP contribution in [-0.4, -0.2) is 22.7 Å². The Hall–Kier alpha value is -2.81. The Morgan fingerprint density at radius 2 is 1.96 bits per heavy atom. The summed E-state index contributed by atoms with van der Waals surface area (Å²) in [5.41, 5.74) is -1.90. The molecule has 0 saturated heterocycles. The molecule has 6 nitrogen and oxygen atoms in total. The predicted molar refractivity (Wildman–Crippen MR) is 81.5 cm³/mol. The van der Waals surface area contributed by atoms with Crippen LogP contribution in [0.4, 0.5) is 18.9 Å². The van der Waals surface area contributed by atoms with E-state index in [0.717, 1.165) is 36.4 Å². The SMILES string of the molecule is O=C(O)c1cc(Oc2ccc(C(F)(F)CF)cc2Cl)ccc1[N+](=O)[O-]. The van der Waals surface area contributed by atoms with E-state index in [0.29, 0.717) is 0 Å². The van der Waals surface area contributed by atoms with Crippen molar-refractivity contribution in [1.82, 2.24) is 0 Å². The van der Waals surface area contributed by atoms with Crippen molar-refractivity contribution in [2.45, 2.75) is 5.92 Å². The summed E-state index contributed by atoms with van der Waals surface area (Å²) >= 11 is 5.82. The molecule has 2 aromatic rings. The number of hydrogen-bond acceptors (Lipinski definition) is 4. The zero-order valence-corrected chi connectivity index (χ0v) is 13.0. The summed E-state index contributed by atoms with van der Waals surface area (Å²) in [6.07, 6.45) is 0.